The number of carbonyl (C=O) groups is 1. The third kappa shape index (κ3) is 2.76. The van der Waals surface area contributed by atoms with Crippen molar-refractivity contribution in [1.82, 2.24) is 5.16 Å². The Morgan fingerprint density at radius 2 is 1.95 bits per heavy atom. The molecule has 0 spiro atoms. The molecule has 0 aliphatic carbocycles. The number of hydrogen-bond acceptors (Lipinski definition) is 4. The van der Waals surface area contributed by atoms with Crippen LogP contribution in [0.1, 0.15) is 29.9 Å². The fourth-order valence-corrected chi connectivity index (χ4v) is 1.78. The minimum atomic E-state index is -1.05. The summed E-state index contributed by atoms with van der Waals surface area (Å²) in [6, 6.07) is 7.06. The number of aromatic carboxylic acids is 1. The number of nitrogens with zero attached hydrogens (tertiary/aromatic N) is 1. The molecule has 0 aliphatic rings. The molecule has 5 heteroatoms. The summed E-state index contributed by atoms with van der Waals surface area (Å²) in [6.07, 6.45) is 0.0907. The molecule has 0 fully saturated rings. The van der Waals surface area contributed by atoms with Gasteiger partial charge in [-0.25, -0.2) is 4.79 Å². The van der Waals surface area contributed by atoms with E-state index in [9.17, 15) is 4.79 Å². The average Bonchev–Trinajstić information content (AvgIpc) is 2.71. The number of aryl methyl sites for hydroxylation is 1. The van der Waals surface area contributed by atoms with E-state index in [1.807, 2.05) is 13.8 Å². The fraction of sp³-hybridized carbons (Fsp3) is 0.286. The van der Waals surface area contributed by atoms with Gasteiger partial charge < -0.3 is 14.4 Å². The summed E-state index contributed by atoms with van der Waals surface area (Å²) >= 11 is 0. The monoisotopic (exact) mass is 261 g/mol. The van der Waals surface area contributed by atoms with Crippen molar-refractivity contribution >= 4 is 5.97 Å². The van der Waals surface area contributed by atoms with Gasteiger partial charge in [0, 0.05) is 5.56 Å². The van der Waals surface area contributed by atoms with E-state index in [-0.39, 0.29) is 17.4 Å². The van der Waals surface area contributed by atoms with Crippen molar-refractivity contribution in [2.24, 2.45) is 0 Å². The number of benzene rings is 1. The second kappa shape index (κ2) is 5.14. The summed E-state index contributed by atoms with van der Waals surface area (Å²) < 4.78 is 10.6. The van der Waals surface area contributed by atoms with Gasteiger partial charge in [-0.2, -0.15) is 0 Å². The van der Waals surface area contributed by atoms with E-state index < -0.39 is 5.97 Å². The maximum Gasteiger partial charge on any atom is 0.341 e. The number of carboxylic acids is 1. The molecule has 0 amide bonds. The van der Waals surface area contributed by atoms with Crippen LogP contribution >= 0.6 is 0 Å². The van der Waals surface area contributed by atoms with Gasteiger partial charge in [-0.1, -0.05) is 5.16 Å². The largest absolute Gasteiger partial charge is 0.491 e. The highest BCUT2D eigenvalue weighted by atomic mass is 16.5. The first-order valence-electron chi connectivity index (χ1n) is 5.95. The van der Waals surface area contributed by atoms with E-state index in [1.165, 1.54) is 0 Å². The van der Waals surface area contributed by atoms with Gasteiger partial charge in [0.05, 0.1) is 11.8 Å². The highest BCUT2D eigenvalue weighted by Crippen LogP contribution is 2.28. The average molecular weight is 261 g/mol. The van der Waals surface area contributed by atoms with Gasteiger partial charge in [-0.3, -0.25) is 0 Å². The van der Waals surface area contributed by atoms with E-state index in [2.05, 4.69) is 5.16 Å². The SMILES string of the molecule is Cc1noc(-c2ccc(OC(C)C)cc2)c1C(=O)O. The topological polar surface area (TPSA) is 72.6 Å². The lowest BCUT2D eigenvalue weighted by Gasteiger charge is -2.09. The summed E-state index contributed by atoms with van der Waals surface area (Å²) in [5.74, 6) is -0.0517. The molecule has 5 nitrogen and oxygen atoms in total. The van der Waals surface area contributed by atoms with Crippen LogP contribution in [0.15, 0.2) is 28.8 Å². The van der Waals surface area contributed by atoms with Gasteiger partial charge in [-0.05, 0) is 45.0 Å². The highest BCUT2D eigenvalue weighted by Gasteiger charge is 2.20. The molecule has 1 aromatic carbocycles. The molecule has 1 aromatic heterocycles. The van der Waals surface area contributed by atoms with Gasteiger partial charge in [-0.15, -0.1) is 0 Å². The Hall–Kier alpha value is -2.30. The van der Waals surface area contributed by atoms with E-state index in [1.54, 1.807) is 31.2 Å². The predicted molar refractivity (Wildman–Crippen MR) is 69.4 cm³/mol. The molecule has 2 rings (SSSR count). The van der Waals surface area contributed by atoms with Gasteiger partial charge in [0.25, 0.3) is 0 Å². The van der Waals surface area contributed by atoms with Crippen LogP contribution in [0.5, 0.6) is 5.75 Å². The van der Waals surface area contributed by atoms with Crippen molar-refractivity contribution < 1.29 is 19.2 Å². The zero-order chi connectivity index (χ0) is 14.0. The smallest absolute Gasteiger partial charge is 0.341 e. The molecule has 19 heavy (non-hydrogen) atoms. The van der Waals surface area contributed by atoms with Crippen molar-refractivity contribution in [3.05, 3.63) is 35.5 Å². The van der Waals surface area contributed by atoms with Crippen LogP contribution in [0.3, 0.4) is 0 Å². The fourth-order valence-electron chi connectivity index (χ4n) is 1.78. The van der Waals surface area contributed by atoms with E-state index in [0.29, 0.717) is 11.3 Å². The Balaban J connectivity index is 2.35. The van der Waals surface area contributed by atoms with Crippen LogP contribution in [-0.2, 0) is 0 Å². The second-order valence-corrected chi connectivity index (χ2v) is 4.47. The Bertz CT molecular complexity index is 584. The van der Waals surface area contributed by atoms with E-state index in [4.69, 9.17) is 14.4 Å². The Labute approximate surface area is 110 Å². The molecule has 0 aliphatic heterocycles. The first-order valence-corrected chi connectivity index (χ1v) is 5.95. The molecule has 0 saturated carbocycles. The standard InChI is InChI=1S/C14H15NO4/c1-8(2)18-11-6-4-10(5-7-11)13-12(14(16)17)9(3)15-19-13/h4-8H,1-3H3,(H,16,17). The highest BCUT2D eigenvalue weighted by molar-refractivity contribution is 5.95. The lowest BCUT2D eigenvalue weighted by atomic mass is 10.1. The van der Waals surface area contributed by atoms with Gasteiger partial charge in [0.1, 0.15) is 11.3 Å². The van der Waals surface area contributed by atoms with E-state index in [0.717, 1.165) is 5.75 Å². The van der Waals surface area contributed by atoms with Crippen molar-refractivity contribution in [3.8, 4) is 17.1 Å². The molecule has 0 unspecified atom stereocenters. The van der Waals surface area contributed by atoms with Gasteiger partial charge in [0.2, 0.25) is 0 Å². The van der Waals surface area contributed by atoms with Crippen LogP contribution in [0.2, 0.25) is 0 Å². The van der Waals surface area contributed by atoms with Crippen molar-refractivity contribution in [2.75, 3.05) is 0 Å². The molecule has 0 bridgehead atoms. The predicted octanol–water partition coefficient (Wildman–Crippen LogP) is 3.14. The third-order valence-corrected chi connectivity index (χ3v) is 2.56. The van der Waals surface area contributed by atoms with Gasteiger partial charge in [0.15, 0.2) is 5.76 Å². The third-order valence-electron chi connectivity index (χ3n) is 2.56. The lowest BCUT2D eigenvalue weighted by molar-refractivity contribution is 0.0696. The summed E-state index contributed by atoms with van der Waals surface area (Å²) in [5.41, 5.74) is 1.12. The maximum absolute atomic E-state index is 11.2. The van der Waals surface area contributed by atoms with Crippen LogP contribution < -0.4 is 4.74 Å². The first kappa shape index (κ1) is 13.1. The number of rotatable bonds is 4. The van der Waals surface area contributed by atoms with Crippen LogP contribution in [0.25, 0.3) is 11.3 Å². The lowest BCUT2D eigenvalue weighted by Crippen LogP contribution is -2.05. The molecule has 100 valence electrons. The van der Waals surface area contributed by atoms with Crippen LogP contribution in [-0.4, -0.2) is 22.3 Å². The Morgan fingerprint density at radius 3 is 2.47 bits per heavy atom. The molecular formula is C14H15NO4. The first-order chi connectivity index (χ1) is 8.99. The molecule has 0 atom stereocenters. The van der Waals surface area contributed by atoms with Crippen LogP contribution in [0, 0.1) is 6.92 Å². The number of ether oxygens (including phenoxy) is 1. The summed E-state index contributed by atoms with van der Waals surface area (Å²) in [7, 11) is 0. The number of carboxylic acid groups (broad SMARTS) is 1. The van der Waals surface area contributed by atoms with Gasteiger partial charge >= 0.3 is 5.97 Å². The normalized spacial score (nSPS) is 10.7. The minimum absolute atomic E-state index is 0.0907. The van der Waals surface area contributed by atoms with Crippen molar-refractivity contribution in [2.45, 2.75) is 26.9 Å². The molecule has 2 aromatic rings. The zero-order valence-electron chi connectivity index (χ0n) is 11.0. The molecule has 1 heterocycles. The number of aromatic nitrogens is 1. The van der Waals surface area contributed by atoms with E-state index >= 15 is 0 Å². The number of hydrogen-bond donors (Lipinski definition) is 1. The van der Waals surface area contributed by atoms with Crippen molar-refractivity contribution in [1.29, 1.82) is 0 Å². The Morgan fingerprint density at radius 1 is 1.32 bits per heavy atom. The molecular weight excluding hydrogens is 246 g/mol. The molecule has 1 N–H and O–H groups in total. The molecule has 0 radical (unpaired) electrons. The summed E-state index contributed by atoms with van der Waals surface area (Å²) in [4.78, 5) is 11.2. The zero-order valence-corrected chi connectivity index (χ0v) is 11.0. The quantitative estimate of drug-likeness (QED) is 0.915. The Kier molecular flexibility index (Phi) is 3.55. The van der Waals surface area contributed by atoms with Crippen LogP contribution in [0.4, 0.5) is 0 Å². The summed E-state index contributed by atoms with van der Waals surface area (Å²) in [6.45, 7) is 5.49. The van der Waals surface area contributed by atoms with Crippen molar-refractivity contribution in [3.63, 3.8) is 0 Å². The second-order valence-electron chi connectivity index (χ2n) is 4.47. The summed E-state index contributed by atoms with van der Waals surface area (Å²) in [5, 5.41) is 12.8. The minimum Gasteiger partial charge on any atom is -0.491 e. The molecule has 0 saturated heterocycles. The maximum atomic E-state index is 11.2.